The Bertz CT molecular complexity index is 911. The molecule has 0 saturated heterocycles. The molecule has 3 aromatic rings. The van der Waals surface area contributed by atoms with Crippen LogP contribution in [0.3, 0.4) is 0 Å². The molecule has 0 aliphatic rings. The predicted molar refractivity (Wildman–Crippen MR) is 106 cm³/mol. The highest BCUT2D eigenvalue weighted by atomic mass is 16.3. The van der Waals surface area contributed by atoms with Gasteiger partial charge in [-0.3, -0.25) is 4.79 Å². The van der Waals surface area contributed by atoms with Crippen molar-refractivity contribution >= 4 is 11.7 Å². The third kappa shape index (κ3) is 4.92. The number of pyridine rings is 1. The van der Waals surface area contributed by atoms with Gasteiger partial charge in [0.2, 0.25) is 0 Å². The Balaban J connectivity index is 1.55. The van der Waals surface area contributed by atoms with Crippen LogP contribution in [0.5, 0.6) is 0 Å². The molecule has 8 nitrogen and oxygen atoms in total. The summed E-state index contributed by atoms with van der Waals surface area (Å²) in [5, 5.41) is 24.0. The first-order valence-electron chi connectivity index (χ1n) is 9.20. The first kappa shape index (κ1) is 19.5. The van der Waals surface area contributed by atoms with Crippen LogP contribution < -0.4 is 10.6 Å². The van der Waals surface area contributed by atoms with Gasteiger partial charge in [0.25, 0.3) is 5.91 Å². The maximum absolute atomic E-state index is 12.7. The van der Waals surface area contributed by atoms with E-state index < -0.39 is 6.10 Å². The summed E-state index contributed by atoms with van der Waals surface area (Å²) >= 11 is 0. The normalized spacial score (nSPS) is 13.0. The molecule has 0 saturated carbocycles. The van der Waals surface area contributed by atoms with Gasteiger partial charge in [-0.15, -0.1) is 0 Å². The van der Waals surface area contributed by atoms with Crippen molar-refractivity contribution in [1.29, 1.82) is 0 Å². The highest BCUT2D eigenvalue weighted by Crippen LogP contribution is 2.14. The van der Waals surface area contributed by atoms with E-state index in [9.17, 15) is 9.90 Å². The lowest BCUT2D eigenvalue weighted by Crippen LogP contribution is -2.34. The van der Waals surface area contributed by atoms with Gasteiger partial charge in [-0.1, -0.05) is 18.2 Å². The standard InChI is InChI=1S/C20H24N6O2/c1-14(10-11-21-19-9-5-7-17(25-19)15(2)27)24-20(28)16-6-3-4-8-18(16)26-22-12-13-23-26/h3-9,12-15,27H,10-11H2,1-2H3,(H,21,25)(H,24,28)/t14-,15?/m1/s1. The number of aliphatic hydroxyl groups is 1. The minimum atomic E-state index is -0.607. The fraction of sp³-hybridized carbons (Fsp3) is 0.300. The Morgan fingerprint density at radius 1 is 1.11 bits per heavy atom. The first-order valence-corrected chi connectivity index (χ1v) is 9.20. The van der Waals surface area contributed by atoms with E-state index in [1.54, 1.807) is 31.5 Å². The molecule has 2 atom stereocenters. The molecule has 3 rings (SSSR count). The van der Waals surface area contributed by atoms with Crippen molar-refractivity contribution in [3.63, 3.8) is 0 Å². The third-order valence-electron chi connectivity index (χ3n) is 4.24. The molecule has 0 spiro atoms. The molecule has 0 aliphatic heterocycles. The average molecular weight is 380 g/mol. The molecule has 146 valence electrons. The van der Waals surface area contributed by atoms with Gasteiger partial charge in [0.15, 0.2) is 0 Å². The van der Waals surface area contributed by atoms with Crippen LogP contribution in [0.4, 0.5) is 5.82 Å². The Labute approximate surface area is 163 Å². The molecule has 0 aliphatic carbocycles. The molecule has 1 unspecified atom stereocenters. The van der Waals surface area contributed by atoms with E-state index in [2.05, 4.69) is 25.8 Å². The lowest BCUT2D eigenvalue weighted by molar-refractivity contribution is 0.0938. The lowest BCUT2D eigenvalue weighted by atomic mass is 10.1. The van der Waals surface area contributed by atoms with Gasteiger partial charge in [0, 0.05) is 12.6 Å². The van der Waals surface area contributed by atoms with Crippen molar-refractivity contribution < 1.29 is 9.90 Å². The number of nitrogens with zero attached hydrogens (tertiary/aromatic N) is 4. The fourth-order valence-corrected chi connectivity index (χ4v) is 2.75. The number of aromatic nitrogens is 4. The van der Waals surface area contributed by atoms with Gasteiger partial charge in [-0.05, 0) is 44.5 Å². The zero-order chi connectivity index (χ0) is 19.9. The van der Waals surface area contributed by atoms with Crippen molar-refractivity contribution in [2.24, 2.45) is 0 Å². The number of para-hydroxylation sites is 1. The number of hydrogen-bond acceptors (Lipinski definition) is 6. The number of aliphatic hydroxyl groups excluding tert-OH is 1. The van der Waals surface area contributed by atoms with Gasteiger partial charge < -0.3 is 15.7 Å². The number of amides is 1. The minimum Gasteiger partial charge on any atom is -0.387 e. The molecule has 3 N–H and O–H groups in total. The van der Waals surface area contributed by atoms with E-state index in [4.69, 9.17) is 0 Å². The number of carbonyl (C=O) groups excluding carboxylic acids is 1. The number of benzene rings is 1. The van der Waals surface area contributed by atoms with Gasteiger partial charge in [0.1, 0.15) is 5.82 Å². The summed E-state index contributed by atoms with van der Waals surface area (Å²) < 4.78 is 0. The van der Waals surface area contributed by atoms with Crippen LogP contribution in [0.2, 0.25) is 0 Å². The molecule has 2 heterocycles. The summed E-state index contributed by atoms with van der Waals surface area (Å²) in [5.74, 6) is 0.529. The maximum Gasteiger partial charge on any atom is 0.253 e. The monoisotopic (exact) mass is 380 g/mol. The second-order valence-electron chi connectivity index (χ2n) is 6.55. The van der Waals surface area contributed by atoms with Crippen molar-refractivity contribution in [3.05, 3.63) is 66.1 Å². The summed E-state index contributed by atoms with van der Waals surface area (Å²) in [7, 11) is 0. The molecule has 0 fully saturated rings. The topological polar surface area (TPSA) is 105 Å². The Morgan fingerprint density at radius 3 is 2.61 bits per heavy atom. The van der Waals surface area contributed by atoms with Crippen LogP contribution in [-0.4, -0.2) is 43.6 Å². The number of rotatable bonds is 8. The average Bonchev–Trinajstić information content (AvgIpc) is 3.23. The van der Waals surface area contributed by atoms with Crippen LogP contribution in [-0.2, 0) is 0 Å². The smallest absolute Gasteiger partial charge is 0.253 e. The highest BCUT2D eigenvalue weighted by molar-refractivity contribution is 5.97. The zero-order valence-corrected chi connectivity index (χ0v) is 15.9. The van der Waals surface area contributed by atoms with Crippen LogP contribution in [0, 0.1) is 0 Å². The molecule has 1 amide bonds. The molecule has 1 aromatic carbocycles. The van der Waals surface area contributed by atoms with Gasteiger partial charge >= 0.3 is 0 Å². The number of carbonyl (C=O) groups is 1. The van der Waals surface area contributed by atoms with Crippen LogP contribution in [0.1, 0.15) is 42.4 Å². The number of anilines is 1. The molecule has 0 radical (unpaired) electrons. The quantitative estimate of drug-likeness (QED) is 0.554. The Hall–Kier alpha value is -3.26. The molecular formula is C20H24N6O2. The van der Waals surface area contributed by atoms with Gasteiger partial charge in [-0.2, -0.15) is 15.0 Å². The molecule has 8 heteroatoms. The SMILES string of the molecule is CC(O)c1cccc(NCC[C@@H](C)NC(=O)c2ccccc2-n2nccn2)n1. The lowest BCUT2D eigenvalue weighted by Gasteiger charge is -2.16. The van der Waals surface area contributed by atoms with E-state index in [0.717, 1.165) is 0 Å². The van der Waals surface area contributed by atoms with E-state index >= 15 is 0 Å². The number of hydrogen-bond donors (Lipinski definition) is 3. The molecule has 2 aromatic heterocycles. The Kier molecular flexibility index (Phi) is 6.33. The first-order chi connectivity index (χ1) is 13.5. The van der Waals surface area contributed by atoms with Crippen LogP contribution in [0.15, 0.2) is 54.9 Å². The zero-order valence-electron chi connectivity index (χ0n) is 15.9. The fourth-order valence-electron chi connectivity index (χ4n) is 2.75. The summed E-state index contributed by atoms with van der Waals surface area (Å²) in [5.41, 5.74) is 1.77. The highest BCUT2D eigenvalue weighted by Gasteiger charge is 2.15. The second-order valence-corrected chi connectivity index (χ2v) is 6.55. The van der Waals surface area contributed by atoms with Crippen LogP contribution >= 0.6 is 0 Å². The van der Waals surface area contributed by atoms with E-state index in [1.165, 1.54) is 4.80 Å². The molecule has 0 bridgehead atoms. The predicted octanol–water partition coefficient (Wildman–Crippen LogP) is 2.34. The van der Waals surface area contributed by atoms with Gasteiger partial charge in [-0.25, -0.2) is 4.98 Å². The number of nitrogens with one attached hydrogen (secondary N) is 2. The van der Waals surface area contributed by atoms with E-state index in [0.29, 0.717) is 35.7 Å². The Morgan fingerprint density at radius 2 is 1.86 bits per heavy atom. The molecular weight excluding hydrogens is 356 g/mol. The van der Waals surface area contributed by atoms with Crippen molar-refractivity contribution in [2.75, 3.05) is 11.9 Å². The second kappa shape index (κ2) is 9.09. The van der Waals surface area contributed by atoms with E-state index in [-0.39, 0.29) is 11.9 Å². The van der Waals surface area contributed by atoms with Crippen molar-refractivity contribution in [1.82, 2.24) is 25.3 Å². The molecule has 28 heavy (non-hydrogen) atoms. The summed E-state index contributed by atoms with van der Waals surface area (Å²) in [4.78, 5) is 18.5. The summed E-state index contributed by atoms with van der Waals surface area (Å²) in [6, 6.07) is 12.7. The van der Waals surface area contributed by atoms with Crippen molar-refractivity contribution in [3.8, 4) is 5.69 Å². The van der Waals surface area contributed by atoms with Crippen LogP contribution in [0.25, 0.3) is 5.69 Å². The third-order valence-corrected chi connectivity index (χ3v) is 4.24. The minimum absolute atomic E-state index is 0.0430. The maximum atomic E-state index is 12.7. The summed E-state index contributed by atoms with van der Waals surface area (Å²) in [6.45, 7) is 4.27. The van der Waals surface area contributed by atoms with Gasteiger partial charge in [0.05, 0.1) is 35.4 Å². The van der Waals surface area contributed by atoms with E-state index in [1.807, 2.05) is 37.3 Å². The summed E-state index contributed by atoms with van der Waals surface area (Å²) in [6.07, 6.45) is 3.26. The van der Waals surface area contributed by atoms with Crippen molar-refractivity contribution in [2.45, 2.75) is 32.4 Å². The largest absolute Gasteiger partial charge is 0.387 e.